The van der Waals surface area contributed by atoms with E-state index in [9.17, 15) is 4.57 Å². The van der Waals surface area contributed by atoms with Gasteiger partial charge in [-0.25, -0.2) is 0 Å². The van der Waals surface area contributed by atoms with Crippen LogP contribution in [0.5, 0.6) is 5.75 Å². The summed E-state index contributed by atoms with van der Waals surface area (Å²) in [5, 5.41) is 0. The summed E-state index contributed by atoms with van der Waals surface area (Å²) in [5.74, 6) is 1.58. The lowest BCUT2D eigenvalue weighted by Gasteiger charge is -1.99. The van der Waals surface area contributed by atoms with E-state index in [0.717, 1.165) is 5.82 Å². The van der Waals surface area contributed by atoms with Crippen LogP contribution in [0.3, 0.4) is 0 Å². The van der Waals surface area contributed by atoms with Gasteiger partial charge in [-0.2, -0.15) is 0 Å². The molecule has 4 nitrogen and oxygen atoms in total. The molecule has 2 N–H and O–H groups in total. The molecule has 0 radical (unpaired) electrons. The highest BCUT2D eigenvalue weighted by atomic mass is 31.2. The van der Waals surface area contributed by atoms with E-state index in [2.05, 4.69) is 0 Å². The Morgan fingerprint density at radius 3 is 2.29 bits per heavy atom. The second kappa shape index (κ2) is 4.42. The topological polar surface area (TPSA) is 66.8 Å². The minimum absolute atomic E-state index is 0.707. The second-order valence-electron chi connectivity index (χ2n) is 2.68. The third kappa shape index (κ3) is 3.75. The molecule has 1 aromatic rings. The van der Waals surface area contributed by atoms with Crippen molar-refractivity contribution < 1.29 is 19.1 Å². The molecule has 0 aliphatic heterocycles. The number of benzene rings is 1. The van der Waals surface area contributed by atoms with Gasteiger partial charge in [0.1, 0.15) is 5.75 Å². The van der Waals surface area contributed by atoms with Gasteiger partial charge in [-0.1, -0.05) is 12.1 Å². The maximum atomic E-state index is 10.5. The van der Waals surface area contributed by atoms with Crippen LogP contribution in [-0.4, -0.2) is 16.9 Å². The van der Waals surface area contributed by atoms with Crippen LogP contribution in [0.2, 0.25) is 0 Å². The summed E-state index contributed by atoms with van der Waals surface area (Å²) < 4.78 is 15.4. The first-order valence-corrected chi connectivity index (χ1v) is 5.58. The van der Waals surface area contributed by atoms with Crippen molar-refractivity contribution in [3.8, 4) is 5.75 Å². The molecule has 0 fully saturated rings. The second-order valence-corrected chi connectivity index (χ2v) is 4.15. The van der Waals surface area contributed by atoms with Crippen molar-refractivity contribution in [2.24, 2.45) is 0 Å². The van der Waals surface area contributed by atoms with Crippen LogP contribution in [0.1, 0.15) is 5.56 Å². The highest BCUT2D eigenvalue weighted by molar-refractivity contribution is 7.55. The highest BCUT2D eigenvalue weighted by Gasteiger charge is 2.04. The molecule has 14 heavy (non-hydrogen) atoms. The minimum Gasteiger partial charge on any atom is -0.497 e. The fourth-order valence-electron chi connectivity index (χ4n) is 0.898. The third-order valence-corrected chi connectivity index (χ3v) is 2.11. The Labute approximate surface area is 82.0 Å². The maximum absolute atomic E-state index is 10.5. The Balaban J connectivity index is 2.79. The molecule has 0 unspecified atom stereocenters. The number of methoxy groups -OCH3 is 1. The summed E-state index contributed by atoms with van der Waals surface area (Å²) in [5.41, 5.74) is 0.717. The Kier molecular flexibility index (Phi) is 3.47. The molecule has 1 aromatic carbocycles. The molecular formula is C9H11O4P. The van der Waals surface area contributed by atoms with E-state index in [0.29, 0.717) is 11.3 Å². The van der Waals surface area contributed by atoms with Gasteiger partial charge in [0, 0.05) is 5.82 Å². The molecule has 5 heteroatoms. The standard InChI is InChI=1S/C9H11O4P/c1-13-9-4-2-8(3-5-9)6-7-14(10,11)12/h2-7H,1H3,(H2,10,11,12)/b7-6-. The largest absolute Gasteiger partial charge is 0.497 e. The molecule has 76 valence electrons. The van der Waals surface area contributed by atoms with Gasteiger partial charge in [-0.05, 0) is 23.8 Å². The molecule has 1 rings (SSSR count). The lowest BCUT2D eigenvalue weighted by Crippen LogP contribution is -1.81. The third-order valence-electron chi connectivity index (χ3n) is 1.58. The summed E-state index contributed by atoms with van der Waals surface area (Å²) in [6.45, 7) is 0. The van der Waals surface area contributed by atoms with Crippen LogP contribution in [0.4, 0.5) is 0 Å². The van der Waals surface area contributed by atoms with Crippen LogP contribution < -0.4 is 4.74 Å². The average Bonchev–Trinajstić information content (AvgIpc) is 2.14. The first-order valence-electron chi connectivity index (χ1n) is 3.90. The van der Waals surface area contributed by atoms with Crippen LogP contribution >= 0.6 is 7.60 Å². The zero-order chi connectivity index (χ0) is 10.6. The predicted molar refractivity (Wildman–Crippen MR) is 54.1 cm³/mol. The molecule has 0 amide bonds. The van der Waals surface area contributed by atoms with E-state index in [1.807, 2.05) is 0 Å². The summed E-state index contributed by atoms with van der Waals surface area (Å²) in [6.07, 6.45) is 1.38. The van der Waals surface area contributed by atoms with Crippen LogP contribution in [0.25, 0.3) is 6.08 Å². The predicted octanol–water partition coefficient (Wildman–Crippen LogP) is 1.84. The molecule has 0 aliphatic rings. The minimum atomic E-state index is -4.06. The Morgan fingerprint density at radius 1 is 1.29 bits per heavy atom. The smallest absolute Gasteiger partial charge is 0.349 e. The zero-order valence-corrected chi connectivity index (χ0v) is 8.52. The molecule has 0 aliphatic carbocycles. The van der Waals surface area contributed by atoms with Crippen LogP contribution in [0, 0.1) is 0 Å². The van der Waals surface area contributed by atoms with Gasteiger partial charge in [0.2, 0.25) is 0 Å². The molecule has 0 atom stereocenters. The van der Waals surface area contributed by atoms with Crippen molar-refractivity contribution in [3.63, 3.8) is 0 Å². The van der Waals surface area contributed by atoms with Gasteiger partial charge in [0.15, 0.2) is 0 Å². The Hall–Kier alpha value is -1.09. The fourth-order valence-corrected chi connectivity index (χ4v) is 1.26. The Morgan fingerprint density at radius 2 is 1.86 bits per heavy atom. The zero-order valence-electron chi connectivity index (χ0n) is 7.62. The molecular weight excluding hydrogens is 203 g/mol. The molecule has 0 bridgehead atoms. The monoisotopic (exact) mass is 214 g/mol. The summed E-state index contributed by atoms with van der Waals surface area (Å²) in [7, 11) is -2.51. The van der Waals surface area contributed by atoms with Gasteiger partial charge in [0.05, 0.1) is 7.11 Å². The molecule has 0 saturated heterocycles. The van der Waals surface area contributed by atoms with E-state index < -0.39 is 7.60 Å². The SMILES string of the molecule is COc1ccc(/C=C\P(=O)(O)O)cc1. The van der Waals surface area contributed by atoms with E-state index in [1.54, 1.807) is 31.4 Å². The molecule has 0 heterocycles. The maximum Gasteiger partial charge on any atom is 0.349 e. The molecule has 0 spiro atoms. The van der Waals surface area contributed by atoms with E-state index >= 15 is 0 Å². The first-order chi connectivity index (χ1) is 6.51. The average molecular weight is 214 g/mol. The van der Waals surface area contributed by atoms with E-state index in [4.69, 9.17) is 14.5 Å². The molecule has 0 saturated carbocycles. The van der Waals surface area contributed by atoms with E-state index in [1.165, 1.54) is 6.08 Å². The van der Waals surface area contributed by atoms with Crippen molar-refractivity contribution in [3.05, 3.63) is 35.6 Å². The van der Waals surface area contributed by atoms with Crippen LogP contribution in [-0.2, 0) is 4.57 Å². The number of hydrogen-bond donors (Lipinski definition) is 2. The summed E-state index contributed by atoms with van der Waals surface area (Å²) in [6, 6.07) is 6.87. The highest BCUT2D eigenvalue weighted by Crippen LogP contribution is 2.36. The van der Waals surface area contributed by atoms with Crippen LogP contribution in [0.15, 0.2) is 30.1 Å². The number of ether oxygens (including phenoxy) is 1. The number of hydrogen-bond acceptors (Lipinski definition) is 2. The van der Waals surface area contributed by atoms with Crippen molar-refractivity contribution in [2.75, 3.05) is 7.11 Å². The summed E-state index contributed by atoms with van der Waals surface area (Å²) >= 11 is 0. The van der Waals surface area contributed by atoms with Gasteiger partial charge in [0.25, 0.3) is 0 Å². The van der Waals surface area contributed by atoms with Gasteiger partial charge in [-0.15, -0.1) is 0 Å². The quantitative estimate of drug-likeness (QED) is 0.753. The van der Waals surface area contributed by atoms with Gasteiger partial charge >= 0.3 is 7.60 Å². The van der Waals surface area contributed by atoms with Gasteiger partial charge in [-0.3, -0.25) is 4.57 Å². The lowest BCUT2D eigenvalue weighted by atomic mass is 10.2. The molecule has 0 aromatic heterocycles. The summed E-state index contributed by atoms with van der Waals surface area (Å²) in [4.78, 5) is 17.2. The number of rotatable bonds is 3. The first kappa shape index (κ1) is 11.0. The van der Waals surface area contributed by atoms with Crippen molar-refractivity contribution in [2.45, 2.75) is 0 Å². The van der Waals surface area contributed by atoms with Crippen molar-refractivity contribution >= 4 is 13.7 Å². The van der Waals surface area contributed by atoms with E-state index in [-0.39, 0.29) is 0 Å². The van der Waals surface area contributed by atoms with Crippen molar-refractivity contribution in [1.82, 2.24) is 0 Å². The Bertz CT molecular complexity index is 363. The van der Waals surface area contributed by atoms with Gasteiger partial charge < -0.3 is 14.5 Å². The van der Waals surface area contributed by atoms with Crippen molar-refractivity contribution in [1.29, 1.82) is 0 Å². The normalized spacial score (nSPS) is 11.9. The fraction of sp³-hybridized carbons (Fsp3) is 0.111. The lowest BCUT2D eigenvalue weighted by molar-refractivity contribution is 0.386.